The van der Waals surface area contributed by atoms with Gasteiger partial charge in [-0.2, -0.15) is 0 Å². The monoisotopic (exact) mass is 359 g/mol. The summed E-state index contributed by atoms with van der Waals surface area (Å²) in [4.78, 5) is 9.95. The van der Waals surface area contributed by atoms with E-state index in [1.165, 1.54) is 5.56 Å². The molecule has 0 bridgehead atoms. The summed E-state index contributed by atoms with van der Waals surface area (Å²) in [6.07, 6.45) is 1.71. The minimum absolute atomic E-state index is 0.673. The number of hydrogen-bond donors (Lipinski definition) is 1. The van der Waals surface area contributed by atoms with Gasteiger partial charge in [0.15, 0.2) is 0 Å². The van der Waals surface area contributed by atoms with E-state index in [1.54, 1.807) is 18.0 Å². The molecule has 2 aromatic heterocycles. The van der Waals surface area contributed by atoms with Crippen molar-refractivity contribution >= 4 is 44.3 Å². The fourth-order valence-corrected chi connectivity index (χ4v) is 3.68. The molecule has 2 heterocycles. The van der Waals surface area contributed by atoms with Crippen molar-refractivity contribution in [3.05, 3.63) is 52.3 Å². The quantitative estimate of drug-likeness (QED) is 0.717. The zero-order valence-corrected chi connectivity index (χ0v) is 14.1. The molecule has 0 aliphatic carbocycles. The van der Waals surface area contributed by atoms with Crippen LogP contribution < -0.4 is 5.73 Å². The summed E-state index contributed by atoms with van der Waals surface area (Å²) in [5.41, 5.74) is 9.94. The maximum Gasteiger partial charge on any atom is 0.101 e. The Bertz CT molecular complexity index is 808. The van der Waals surface area contributed by atoms with Crippen molar-refractivity contribution in [1.82, 2.24) is 9.97 Å². The molecule has 106 valence electrons. The Morgan fingerprint density at radius 3 is 2.71 bits per heavy atom. The van der Waals surface area contributed by atoms with Gasteiger partial charge in [-0.15, -0.1) is 0 Å². The van der Waals surface area contributed by atoms with Crippen LogP contribution in [-0.2, 0) is 0 Å². The van der Waals surface area contributed by atoms with Crippen LogP contribution >= 0.6 is 27.7 Å². The van der Waals surface area contributed by atoms with Crippen molar-refractivity contribution < 1.29 is 0 Å². The summed E-state index contributed by atoms with van der Waals surface area (Å²) >= 11 is 5.09. The van der Waals surface area contributed by atoms with Gasteiger partial charge >= 0.3 is 0 Å². The van der Waals surface area contributed by atoms with Gasteiger partial charge in [0.2, 0.25) is 0 Å². The number of anilines is 1. The van der Waals surface area contributed by atoms with Crippen molar-refractivity contribution in [1.29, 1.82) is 0 Å². The van der Waals surface area contributed by atoms with Gasteiger partial charge in [-0.3, -0.25) is 4.98 Å². The van der Waals surface area contributed by atoms with Crippen LogP contribution in [0, 0.1) is 13.8 Å². The van der Waals surface area contributed by atoms with Crippen LogP contribution in [0.25, 0.3) is 10.9 Å². The molecule has 0 fully saturated rings. The fourth-order valence-electron chi connectivity index (χ4n) is 2.23. The molecule has 3 nitrogen and oxygen atoms in total. The van der Waals surface area contributed by atoms with Crippen LogP contribution in [0.1, 0.15) is 11.3 Å². The Morgan fingerprint density at radius 1 is 1.14 bits per heavy atom. The van der Waals surface area contributed by atoms with E-state index in [9.17, 15) is 0 Å². The Morgan fingerprint density at radius 2 is 1.95 bits per heavy atom. The van der Waals surface area contributed by atoms with Crippen LogP contribution in [-0.4, -0.2) is 9.97 Å². The summed E-state index contributed by atoms with van der Waals surface area (Å²) in [7, 11) is 0. The van der Waals surface area contributed by atoms with Crippen molar-refractivity contribution in [2.45, 2.75) is 23.8 Å². The first-order valence-corrected chi connectivity index (χ1v) is 8.11. The topological polar surface area (TPSA) is 51.8 Å². The third-order valence-corrected chi connectivity index (χ3v) is 4.66. The second-order valence-corrected chi connectivity index (χ2v) is 6.88. The molecule has 0 amide bonds. The molecular formula is C16H14BrN3S. The van der Waals surface area contributed by atoms with Crippen molar-refractivity contribution in [3.8, 4) is 0 Å². The largest absolute Gasteiger partial charge is 0.397 e. The highest BCUT2D eigenvalue weighted by Gasteiger charge is 2.10. The molecule has 2 N–H and O–H groups in total. The highest BCUT2D eigenvalue weighted by Crippen LogP contribution is 2.37. The molecule has 3 rings (SSSR count). The highest BCUT2D eigenvalue weighted by molar-refractivity contribution is 9.10. The van der Waals surface area contributed by atoms with Crippen LogP contribution in [0.5, 0.6) is 0 Å². The van der Waals surface area contributed by atoms with Crippen LogP contribution in [0.15, 0.2) is 50.9 Å². The third-order valence-electron chi connectivity index (χ3n) is 3.09. The van der Waals surface area contributed by atoms with E-state index in [1.807, 2.05) is 25.1 Å². The first-order chi connectivity index (χ1) is 10.0. The first kappa shape index (κ1) is 14.4. The van der Waals surface area contributed by atoms with Crippen LogP contribution in [0.2, 0.25) is 0 Å². The predicted molar refractivity (Wildman–Crippen MR) is 91.7 cm³/mol. The van der Waals surface area contributed by atoms with E-state index in [0.717, 1.165) is 31.0 Å². The Labute approximate surface area is 136 Å². The standard InChI is InChI=1S/C16H14BrN3S/c1-9-5-10(2)20-15(6-9)21-16-12-7-11(17)3-4-14(12)19-8-13(16)18/h3-8H,18H2,1-2H3. The number of halogens is 1. The number of aryl methyl sites for hydroxylation is 2. The van der Waals surface area contributed by atoms with Gasteiger partial charge in [0.05, 0.1) is 17.4 Å². The second-order valence-electron chi connectivity index (χ2n) is 4.93. The number of nitrogens with two attached hydrogens (primary N) is 1. The molecule has 0 radical (unpaired) electrons. The molecule has 0 spiro atoms. The van der Waals surface area contributed by atoms with Crippen molar-refractivity contribution in [3.63, 3.8) is 0 Å². The van der Waals surface area contributed by atoms with Gasteiger partial charge < -0.3 is 5.73 Å². The number of rotatable bonds is 2. The van der Waals surface area contributed by atoms with E-state index in [-0.39, 0.29) is 0 Å². The van der Waals surface area contributed by atoms with Crippen LogP contribution in [0.4, 0.5) is 5.69 Å². The number of nitrogen functional groups attached to an aromatic ring is 1. The van der Waals surface area contributed by atoms with Gasteiger partial charge in [-0.25, -0.2) is 4.98 Å². The van der Waals surface area contributed by atoms with Crippen LogP contribution in [0.3, 0.4) is 0 Å². The molecular weight excluding hydrogens is 346 g/mol. The first-order valence-electron chi connectivity index (χ1n) is 6.50. The lowest BCUT2D eigenvalue weighted by atomic mass is 10.2. The van der Waals surface area contributed by atoms with Gasteiger partial charge in [-0.1, -0.05) is 27.7 Å². The van der Waals surface area contributed by atoms with E-state index < -0.39 is 0 Å². The Hall–Kier alpha value is -1.59. The van der Waals surface area contributed by atoms with Gasteiger partial charge in [-0.05, 0) is 49.7 Å². The summed E-state index contributed by atoms with van der Waals surface area (Å²) < 4.78 is 1.01. The zero-order chi connectivity index (χ0) is 15.0. The number of aromatic nitrogens is 2. The lowest BCUT2D eigenvalue weighted by Crippen LogP contribution is -1.94. The lowest BCUT2D eigenvalue weighted by Gasteiger charge is -2.10. The molecule has 0 aliphatic rings. The Balaban J connectivity index is 2.15. The van der Waals surface area contributed by atoms with Gasteiger partial charge in [0.1, 0.15) is 5.03 Å². The number of nitrogens with zero attached hydrogens (tertiary/aromatic N) is 2. The number of hydrogen-bond acceptors (Lipinski definition) is 4. The average molecular weight is 360 g/mol. The number of pyridine rings is 2. The average Bonchev–Trinajstić information content (AvgIpc) is 2.41. The van der Waals surface area contributed by atoms with Gasteiger partial charge in [0, 0.05) is 20.4 Å². The molecule has 0 saturated heterocycles. The SMILES string of the molecule is Cc1cc(C)nc(Sc2c(N)cnc3ccc(Br)cc23)c1. The Kier molecular flexibility index (Phi) is 3.87. The van der Waals surface area contributed by atoms with Crippen molar-refractivity contribution in [2.75, 3.05) is 5.73 Å². The predicted octanol–water partition coefficient (Wildman–Crippen LogP) is 4.74. The number of fused-ring (bicyclic) bond motifs is 1. The maximum absolute atomic E-state index is 6.13. The highest BCUT2D eigenvalue weighted by atomic mass is 79.9. The zero-order valence-electron chi connectivity index (χ0n) is 11.7. The molecule has 0 atom stereocenters. The molecule has 0 unspecified atom stereocenters. The minimum atomic E-state index is 0.673. The molecule has 1 aromatic carbocycles. The van der Waals surface area contributed by atoms with E-state index in [0.29, 0.717) is 5.69 Å². The molecule has 21 heavy (non-hydrogen) atoms. The smallest absolute Gasteiger partial charge is 0.101 e. The maximum atomic E-state index is 6.13. The van der Waals surface area contributed by atoms with E-state index in [2.05, 4.69) is 45.0 Å². The fraction of sp³-hybridized carbons (Fsp3) is 0.125. The molecule has 0 saturated carbocycles. The van der Waals surface area contributed by atoms with E-state index in [4.69, 9.17) is 5.73 Å². The molecule has 0 aliphatic heterocycles. The normalized spacial score (nSPS) is 11.0. The summed E-state index contributed by atoms with van der Waals surface area (Å²) in [6.45, 7) is 4.07. The van der Waals surface area contributed by atoms with E-state index >= 15 is 0 Å². The lowest BCUT2D eigenvalue weighted by molar-refractivity contribution is 1.05. The van der Waals surface area contributed by atoms with Crippen molar-refractivity contribution in [2.24, 2.45) is 0 Å². The van der Waals surface area contributed by atoms with Gasteiger partial charge in [0.25, 0.3) is 0 Å². The molecule has 3 aromatic rings. The second kappa shape index (κ2) is 5.66. The minimum Gasteiger partial charge on any atom is -0.397 e. The number of benzene rings is 1. The summed E-state index contributed by atoms with van der Waals surface area (Å²) in [5.74, 6) is 0. The summed E-state index contributed by atoms with van der Waals surface area (Å²) in [6, 6.07) is 10.1. The molecule has 5 heteroatoms. The third kappa shape index (κ3) is 3.04. The summed E-state index contributed by atoms with van der Waals surface area (Å²) in [5, 5.41) is 1.99.